The van der Waals surface area contributed by atoms with Gasteiger partial charge in [0.15, 0.2) is 0 Å². The van der Waals surface area contributed by atoms with Crippen molar-refractivity contribution < 1.29 is 14.7 Å². The Hall–Kier alpha value is -2.18. The molecule has 1 aromatic rings. The molecule has 1 amide bonds. The highest BCUT2D eigenvalue weighted by Gasteiger charge is 2.15. The van der Waals surface area contributed by atoms with Gasteiger partial charge in [0.2, 0.25) is 5.91 Å². The number of hydrogen-bond donors (Lipinski definition) is 3. The molecular formula is C8H10N4O3. The van der Waals surface area contributed by atoms with Crippen molar-refractivity contribution in [2.45, 2.75) is 13.0 Å². The molecule has 0 aliphatic carbocycles. The van der Waals surface area contributed by atoms with Gasteiger partial charge in [-0.15, -0.1) is 0 Å². The van der Waals surface area contributed by atoms with Crippen molar-refractivity contribution in [3.8, 4) is 0 Å². The fourth-order valence-electron chi connectivity index (χ4n) is 0.877. The van der Waals surface area contributed by atoms with E-state index in [4.69, 9.17) is 10.8 Å². The lowest BCUT2D eigenvalue weighted by atomic mass is 10.2. The number of carbonyl (C=O) groups is 2. The number of amides is 1. The second-order valence-electron chi connectivity index (χ2n) is 2.86. The molecule has 0 bridgehead atoms. The number of rotatable bonds is 4. The smallest absolute Gasteiger partial charge is 0.341 e. The Morgan fingerprint density at radius 3 is 2.80 bits per heavy atom. The Morgan fingerprint density at radius 1 is 1.60 bits per heavy atom. The number of primary amides is 1. The van der Waals surface area contributed by atoms with E-state index in [1.54, 1.807) is 0 Å². The van der Waals surface area contributed by atoms with E-state index in [2.05, 4.69) is 15.3 Å². The van der Waals surface area contributed by atoms with Crippen molar-refractivity contribution >= 4 is 17.7 Å². The van der Waals surface area contributed by atoms with Crippen LogP contribution in [0.3, 0.4) is 0 Å². The van der Waals surface area contributed by atoms with Crippen molar-refractivity contribution in [2.75, 3.05) is 5.32 Å². The first-order valence-electron chi connectivity index (χ1n) is 4.11. The lowest BCUT2D eigenvalue weighted by Crippen LogP contribution is -2.33. The summed E-state index contributed by atoms with van der Waals surface area (Å²) in [6, 6.07) is -0.696. The second kappa shape index (κ2) is 4.36. The van der Waals surface area contributed by atoms with Crippen LogP contribution in [0.2, 0.25) is 0 Å². The Balaban J connectivity index is 2.94. The SMILES string of the molecule is CC(Nc1ncncc1C(=O)O)C(N)=O. The largest absolute Gasteiger partial charge is 0.477 e. The van der Waals surface area contributed by atoms with Gasteiger partial charge >= 0.3 is 5.97 Å². The van der Waals surface area contributed by atoms with Crippen LogP contribution in [0.1, 0.15) is 17.3 Å². The quantitative estimate of drug-likeness (QED) is 0.614. The van der Waals surface area contributed by atoms with Crippen LogP contribution in [0.25, 0.3) is 0 Å². The first kappa shape index (κ1) is 10.9. The molecule has 0 saturated heterocycles. The highest BCUT2D eigenvalue weighted by Crippen LogP contribution is 2.10. The summed E-state index contributed by atoms with van der Waals surface area (Å²) in [5, 5.41) is 11.4. The first-order valence-corrected chi connectivity index (χ1v) is 4.11. The van der Waals surface area contributed by atoms with Crippen LogP contribution >= 0.6 is 0 Å². The molecule has 0 radical (unpaired) electrons. The van der Waals surface area contributed by atoms with Crippen molar-refractivity contribution in [3.63, 3.8) is 0 Å². The molecule has 0 aliphatic heterocycles. The van der Waals surface area contributed by atoms with Gasteiger partial charge in [-0.25, -0.2) is 14.8 Å². The maximum absolute atomic E-state index is 10.8. The van der Waals surface area contributed by atoms with Crippen molar-refractivity contribution in [3.05, 3.63) is 18.1 Å². The number of carboxylic acids is 1. The van der Waals surface area contributed by atoms with Gasteiger partial charge in [0.05, 0.1) is 0 Å². The number of carboxylic acid groups (broad SMARTS) is 1. The summed E-state index contributed by atoms with van der Waals surface area (Å²) in [5.41, 5.74) is 4.91. The summed E-state index contributed by atoms with van der Waals surface area (Å²) in [6.07, 6.45) is 2.33. The summed E-state index contributed by atoms with van der Waals surface area (Å²) in [5.74, 6) is -1.69. The molecule has 0 aliphatic rings. The predicted octanol–water partition coefficient (Wildman–Crippen LogP) is -0.540. The minimum Gasteiger partial charge on any atom is -0.477 e. The maximum atomic E-state index is 10.8. The van der Waals surface area contributed by atoms with Gasteiger partial charge in [0.1, 0.15) is 23.8 Å². The molecule has 1 heterocycles. The second-order valence-corrected chi connectivity index (χ2v) is 2.86. The Kier molecular flexibility index (Phi) is 3.17. The molecule has 1 rings (SSSR count). The Morgan fingerprint density at radius 2 is 2.27 bits per heavy atom. The first-order chi connectivity index (χ1) is 7.02. The number of hydrogen-bond acceptors (Lipinski definition) is 5. The fraction of sp³-hybridized carbons (Fsp3) is 0.250. The van der Waals surface area contributed by atoms with Crippen molar-refractivity contribution in [2.24, 2.45) is 5.73 Å². The van der Waals surface area contributed by atoms with E-state index < -0.39 is 17.9 Å². The lowest BCUT2D eigenvalue weighted by molar-refractivity contribution is -0.118. The third-order valence-corrected chi connectivity index (χ3v) is 1.72. The molecule has 0 aromatic carbocycles. The minimum absolute atomic E-state index is 0.0730. The summed E-state index contributed by atoms with van der Waals surface area (Å²) in [4.78, 5) is 28.8. The van der Waals surface area contributed by atoms with E-state index >= 15 is 0 Å². The van der Waals surface area contributed by atoms with Crippen LogP contribution in [0.4, 0.5) is 5.82 Å². The number of aromatic carboxylic acids is 1. The number of nitrogens with two attached hydrogens (primary N) is 1. The lowest BCUT2D eigenvalue weighted by Gasteiger charge is -2.11. The van der Waals surface area contributed by atoms with E-state index in [0.717, 1.165) is 6.20 Å². The zero-order valence-corrected chi connectivity index (χ0v) is 7.97. The zero-order valence-electron chi connectivity index (χ0n) is 7.97. The number of carbonyl (C=O) groups excluding carboxylic acids is 1. The van der Waals surface area contributed by atoms with Gasteiger partial charge < -0.3 is 16.2 Å². The van der Waals surface area contributed by atoms with Crippen LogP contribution in [-0.2, 0) is 4.79 Å². The molecule has 0 fully saturated rings. The molecule has 0 saturated carbocycles. The number of nitrogens with one attached hydrogen (secondary N) is 1. The molecule has 7 heteroatoms. The molecule has 4 N–H and O–H groups in total. The van der Waals surface area contributed by atoms with Crippen LogP contribution in [-0.4, -0.2) is 33.0 Å². The van der Waals surface area contributed by atoms with Gasteiger partial charge in [-0.2, -0.15) is 0 Å². The average molecular weight is 210 g/mol. The minimum atomic E-state index is -1.17. The summed E-state index contributed by atoms with van der Waals surface area (Å²) in [6.45, 7) is 1.51. The molecule has 1 unspecified atom stereocenters. The van der Waals surface area contributed by atoms with Crippen molar-refractivity contribution in [1.82, 2.24) is 9.97 Å². The topological polar surface area (TPSA) is 118 Å². The van der Waals surface area contributed by atoms with Crippen LogP contribution < -0.4 is 11.1 Å². The van der Waals surface area contributed by atoms with Crippen molar-refractivity contribution in [1.29, 1.82) is 0 Å². The van der Waals surface area contributed by atoms with E-state index in [1.165, 1.54) is 13.3 Å². The fourth-order valence-corrected chi connectivity index (χ4v) is 0.877. The summed E-state index contributed by atoms with van der Waals surface area (Å²) < 4.78 is 0. The van der Waals surface area contributed by atoms with E-state index in [1.807, 2.05) is 0 Å². The van der Waals surface area contributed by atoms with Crippen LogP contribution in [0.5, 0.6) is 0 Å². The summed E-state index contributed by atoms with van der Waals surface area (Å²) >= 11 is 0. The zero-order chi connectivity index (χ0) is 11.4. The third kappa shape index (κ3) is 2.63. The van der Waals surface area contributed by atoms with Crippen LogP contribution in [0, 0.1) is 0 Å². The molecular weight excluding hydrogens is 200 g/mol. The highest BCUT2D eigenvalue weighted by atomic mass is 16.4. The molecule has 1 aromatic heterocycles. The maximum Gasteiger partial charge on any atom is 0.341 e. The van der Waals surface area contributed by atoms with Gasteiger partial charge in [0, 0.05) is 6.20 Å². The molecule has 80 valence electrons. The normalized spacial score (nSPS) is 11.8. The Bertz CT molecular complexity index is 393. The molecule has 15 heavy (non-hydrogen) atoms. The Labute approximate surface area is 85.3 Å². The average Bonchev–Trinajstić information content (AvgIpc) is 2.18. The number of nitrogens with zero attached hydrogens (tertiary/aromatic N) is 2. The molecule has 0 spiro atoms. The standard InChI is InChI=1S/C8H10N4O3/c1-4(6(9)13)12-7-5(8(14)15)2-10-3-11-7/h2-4H,1H3,(H2,9,13)(H,14,15)(H,10,11,12). The molecule has 7 nitrogen and oxygen atoms in total. The van der Waals surface area contributed by atoms with E-state index in [9.17, 15) is 9.59 Å². The number of anilines is 1. The van der Waals surface area contributed by atoms with Crippen LogP contribution in [0.15, 0.2) is 12.5 Å². The predicted molar refractivity (Wildman–Crippen MR) is 51.3 cm³/mol. The third-order valence-electron chi connectivity index (χ3n) is 1.72. The van der Waals surface area contributed by atoms with Gasteiger partial charge in [-0.3, -0.25) is 4.79 Å². The summed E-state index contributed by atoms with van der Waals surface area (Å²) in [7, 11) is 0. The monoisotopic (exact) mass is 210 g/mol. The molecule has 1 atom stereocenters. The highest BCUT2D eigenvalue weighted by molar-refractivity contribution is 5.93. The van der Waals surface area contributed by atoms with E-state index in [-0.39, 0.29) is 11.4 Å². The van der Waals surface area contributed by atoms with E-state index in [0.29, 0.717) is 0 Å². The van der Waals surface area contributed by atoms with Gasteiger partial charge in [-0.1, -0.05) is 0 Å². The van der Waals surface area contributed by atoms with Gasteiger partial charge in [-0.05, 0) is 6.92 Å². The van der Waals surface area contributed by atoms with Gasteiger partial charge in [0.25, 0.3) is 0 Å². The number of aromatic nitrogens is 2.